The molecule has 0 radical (unpaired) electrons. The third-order valence-corrected chi connectivity index (χ3v) is 7.43. The molecule has 2 heterocycles. The highest BCUT2D eigenvalue weighted by Gasteiger charge is 2.39. The van der Waals surface area contributed by atoms with Crippen molar-refractivity contribution in [3.05, 3.63) is 59.2 Å². The molecule has 2 amide bonds. The first-order chi connectivity index (χ1) is 17.5. The first kappa shape index (κ1) is 26.8. The van der Waals surface area contributed by atoms with Gasteiger partial charge in [0.15, 0.2) is 0 Å². The Morgan fingerprint density at radius 3 is 2.49 bits per heavy atom. The van der Waals surface area contributed by atoms with Crippen LogP contribution in [-0.4, -0.2) is 63.9 Å². The predicted octanol–water partition coefficient (Wildman–Crippen LogP) is -0.516. The van der Waals surface area contributed by atoms with E-state index >= 15 is 0 Å². The van der Waals surface area contributed by atoms with Crippen LogP contribution in [0.15, 0.2) is 42.5 Å². The third kappa shape index (κ3) is 6.20. The number of rotatable bonds is 7. The van der Waals surface area contributed by atoms with Gasteiger partial charge in [-0.3, -0.25) is 14.2 Å². The zero-order valence-electron chi connectivity index (χ0n) is 19.7. The summed E-state index contributed by atoms with van der Waals surface area (Å²) in [6.45, 7) is 1.25. The van der Waals surface area contributed by atoms with Crippen molar-refractivity contribution in [1.82, 2.24) is 16.0 Å². The Balaban J connectivity index is 1.56. The van der Waals surface area contributed by atoms with Crippen LogP contribution < -0.4 is 25.9 Å². The third-order valence-electron chi connectivity index (χ3n) is 6.46. The number of hydrogen-bond acceptors (Lipinski definition) is 7. The van der Waals surface area contributed by atoms with Crippen molar-refractivity contribution >= 4 is 37.8 Å². The van der Waals surface area contributed by atoms with Crippen molar-refractivity contribution in [2.24, 2.45) is 5.92 Å². The average molecular weight is 531 g/mol. The summed E-state index contributed by atoms with van der Waals surface area (Å²) in [6, 6.07) is 8.36. The van der Waals surface area contributed by atoms with E-state index in [1.54, 1.807) is 6.07 Å². The molecule has 2 aromatic carbocycles. The normalized spacial score (nSPS) is 20.2. The molecule has 1 unspecified atom stereocenters. The first-order valence-corrected chi connectivity index (χ1v) is 13.3. The summed E-state index contributed by atoms with van der Waals surface area (Å²) in [6.07, 6.45) is 1.52. The number of aromatic carboxylic acids is 1. The minimum atomic E-state index is -4.51. The number of benzene rings is 2. The molecule has 7 N–H and O–H groups in total. The van der Waals surface area contributed by atoms with Crippen LogP contribution in [0.4, 0.5) is 0 Å². The minimum Gasteiger partial charge on any atom is -0.534 e. The quantitative estimate of drug-likeness (QED) is 0.181. The van der Waals surface area contributed by atoms with Crippen molar-refractivity contribution in [1.29, 1.82) is 0 Å². The number of fused-ring (bicyclic) bond motifs is 1. The van der Waals surface area contributed by atoms with E-state index in [-0.39, 0.29) is 40.4 Å². The van der Waals surface area contributed by atoms with Crippen LogP contribution in [-0.2, 0) is 20.6 Å². The lowest BCUT2D eigenvalue weighted by Crippen LogP contribution is -2.56. The lowest BCUT2D eigenvalue weighted by molar-refractivity contribution is -0.131. The molecule has 0 bridgehead atoms. The van der Waals surface area contributed by atoms with Crippen LogP contribution >= 0.6 is 7.60 Å². The Kier molecular flexibility index (Phi) is 8.00. The molecule has 37 heavy (non-hydrogen) atoms. The van der Waals surface area contributed by atoms with Gasteiger partial charge >= 0.3 is 20.7 Å². The van der Waals surface area contributed by atoms with Gasteiger partial charge in [-0.15, -0.1) is 0 Å². The van der Waals surface area contributed by atoms with Gasteiger partial charge in [-0.1, -0.05) is 24.3 Å². The molecule has 0 spiro atoms. The number of carboxylic acids is 1. The SMILES string of the molecule is O=C(O)c1cccc2c1OB(O)[C@@H](NC(=O)C(NC(=O)[C@@H]1CCCNC1)c1ccc(P(=O)(O)O)cc1)C2. The fourth-order valence-electron chi connectivity index (χ4n) is 4.48. The second-order valence-electron chi connectivity index (χ2n) is 9.05. The minimum absolute atomic E-state index is 0.0238. The maximum Gasteiger partial charge on any atom is 0.547 e. The molecular formula is C23H27BN3O9P. The van der Waals surface area contributed by atoms with E-state index in [4.69, 9.17) is 4.65 Å². The van der Waals surface area contributed by atoms with Crippen molar-refractivity contribution in [2.45, 2.75) is 31.2 Å². The fourth-order valence-corrected chi connectivity index (χ4v) is 5.02. The fraction of sp³-hybridized carbons (Fsp3) is 0.348. The number of carbonyl (C=O) groups excluding carboxylic acids is 2. The van der Waals surface area contributed by atoms with Crippen LogP contribution in [0.1, 0.15) is 40.4 Å². The zero-order valence-corrected chi connectivity index (χ0v) is 20.6. The van der Waals surface area contributed by atoms with Gasteiger partial charge in [0, 0.05) is 6.54 Å². The topological polar surface area (TPSA) is 195 Å². The molecule has 2 aliphatic rings. The van der Waals surface area contributed by atoms with Gasteiger partial charge in [0.2, 0.25) is 11.8 Å². The number of hydrogen-bond donors (Lipinski definition) is 7. The largest absolute Gasteiger partial charge is 0.547 e. The molecule has 3 atom stereocenters. The van der Waals surface area contributed by atoms with Gasteiger partial charge in [0.1, 0.15) is 11.8 Å². The molecule has 196 valence electrons. The molecule has 4 rings (SSSR count). The zero-order chi connectivity index (χ0) is 26.7. The maximum absolute atomic E-state index is 13.4. The van der Waals surface area contributed by atoms with Crippen LogP contribution in [0.5, 0.6) is 5.75 Å². The number of nitrogens with one attached hydrogen (secondary N) is 3. The number of amides is 2. The van der Waals surface area contributed by atoms with Crippen molar-refractivity contribution in [2.75, 3.05) is 13.1 Å². The standard InChI is InChI=1S/C23H27BN3O9P/c28-21(15-4-2-10-25-12-15)27-19(13-6-8-16(9-7-13)37(33,34)35)22(29)26-18-11-14-3-1-5-17(23(30)31)20(14)36-24(18)32/h1,3,5-9,15,18-19,25,32H,2,4,10-12H2,(H,26,29)(H,27,28)(H,30,31)(H2,33,34,35)/t15-,18+,19?/m1/s1. The number of carbonyl (C=O) groups is 3. The molecule has 12 nitrogen and oxygen atoms in total. The summed E-state index contributed by atoms with van der Waals surface area (Å²) < 4.78 is 17.0. The van der Waals surface area contributed by atoms with E-state index in [1.165, 1.54) is 36.4 Å². The molecule has 0 saturated carbocycles. The van der Waals surface area contributed by atoms with Gasteiger partial charge in [-0.05, 0) is 55.1 Å². The van der Waals surface area contributed by atoms with E-state index in [1.807, 2.05) is 0 Å². The number of para-hydroxylation sites is 1. The Labute approximate surface area is 212 Å². The first-order valence-electron chi connectivity index (χ1n) is 11.7. The highest BCUT2D eigenvalue weighted by atomic mass is 31.2. The van der Waals surface area contributed by atoms with Gasteiger partial charge in [0.25, 0.3) is 0 Å². The van der Waals surface area contributed by atoms with E-state index in [0.717, 1.165) is 13.0 Å². The van der Waals surface area contributed by atoms with E-state index < -0.39 is 38.6 Å². The van der Waals surface area contributed by atoms with Crippen molar-refractivity contribution in [3.8, 4) is 5.75 Å². The van der Waals surface area contributed by atoms with Crippen LogP contribution in [0.3, 0.4) is 0 Å². The Bertz CT molecular complexity index is 1230. The van der Waals surface area contributed by atoms with Gasteiger partial charge in [-0.2, -0.15) is 0 Å². The van der Waals surface area contributed by atoms with E-state index in [2.05, 4.69) is 16.0 Å². The van der Waals surface area contributed by atoms with Gasteiger partial charge in [0.05, 0.1) is 22.7 Å². The van der Waals surface area contributed by atoms with E-state index in [0.29, 0.717) is 18.5 Å². The molecule has 2 aromatic rings. The summed E-state index contributed by atoms with van der Waals surface area (Å²) in [4.78, 5) is 56.6. The lowest BCUT2D eigenvalue weighted by atomic mass is 9.72. The molecule has 0 aromatic heterocycles. The van der Waals surface area contributed by atoms with Gasteiger partial charge in [-0.25, -0.2) is 4.79 Å². The van der Waals surface area contributed by atoms with Crippen molar-refractivity contribution in [3.63, 3.8) is 0 Å². The van der Waals surface area contributed by atoms with Crippen LogP contribution in [0, 0.1) is 5.92 Å². The summed E-state index contributed by atoms with van der Waals surface area (Å²) >= 11 is 0. The average Bonchev–Trinajstić information content (AvgIpc) is 2.87. The van der Waals surface area contributed by atoms with Crippen LogP contribution in [0.25, 0.3) is 0 Å². The highest BCUT2D eigenvalue weighted by Crippen LogP contribution is 2.33. The summed E-state index contributed by atoms with van der Waals surface area (Å²) in [5, 5.41) is 28.2. The second kappa shape index (κ2) is 11.0. The summed E-state index contributed by atoms with van der Waals surface area (Å²) in [5.74, 6) is -3.53. The summed E-state index contributed by atoms with van der Waals surface area (Å²) in [7, 11) is -6.06. The van der Waals surface area contributed by atoms with Gasteiger partial charge < -0.3 is 40.5 Å². The van der Waals surface area contributed by atoms with E-state index in [9.17, 15) is 38.9 Å². The molecular weight excluding hydrogens is 504 g/mol. The monoisotopic (exact) mass is 531 g/mol. The highest BCUT2D eigenvalue weighted by molar-refractivity contribution is 7.60. The molecule has 14 heteroatoms. The molecule has 2 aliphatic heterocycles. The predicted molar refractivity (Wildman–Crippen MR) is 132 cm³/mol. The number of carboxylic acid groups (broad SMARTS) is 1. The Hall–Kier alpha value is -3.22. The lowest BCUT2D eigenvalue weighted by Gasteiger charge is -2.31. The molecule has 1 fully saturated rings. The Morgan fingerprint density at radius 2 is 1.86 bits per heavy atom. The molecule has 1 saturated heterocycles. The smallest absolute Gasteiger partial charge is 0.534 e. The van der Waals surface area contributed by atoms with Crippen molar-refractivity contribution < 1.29 is 43.5 Å². The maximum atomic E-state index is 13.4. The Morgan fingerprint density at radius 1 is 1.14 bits per heavy atom. The number of piperidine rings is 1. The summed E-state index contributed by atoms with van der Waals surface area (Å²) in [5.41, 5.74) is 0.652. The second-order valence-corrected chi connectivity index (χ2v) is 10.7. The molecule has 0 aliphatic carbocycles. The van der Waals surface area contributed by atoms with Crippen LogP contribution in [0.2, 0.25) is 0 Å².